The fourth-order valence-electron chi connectivity index (χ4n) is 4.00. The summed E-state index contributed by atoms with van der Waals surface area (Å²) in [4.78, 5) is 12.1. The van der Waals surface area contributed by atoms with Gasteiger partial charge >= 0.3 is 5.97 Å². The first-order valence-corrected chi connectivity index (χ1v) is 9.98. The van der Waals surface area contributed by atoms with Gasteiger partial charge in [-0.25, -0.2) is 13.9 Å². The molecule has 1 heterocycles. The molecule has 0 N–H and O–H groups in total. The lowest BCUT2D eigenvalue weighted by atomic mass is 9.69. The van der Waals surface area contributed by atoms with Gasteiger partial charge in [0.1, 0.15) is 11.4 Å². The largest absolute Gasteiger partial charge is 0.477 e. The van der Waals surface area contributed by atoms with Gasteiger partial charge in [0, 0.05) is 18.3 Å². The Labute approximate surface area is 164 Å². The molecule has 2 fully saturated rings. The predicted octanol–water partition coefficient (Wildman–Crippen LogP) is 4.93. The second-order valence-electron chi connectivity index (χ2n) is 9.00. The highest BCUT2D eigenvalue weighted by atomic mass is 19.1. The quantitative estimate of drug-likeness (QED) is 0.661. The predicted molar refractivity (Wildman–Crippen MR) is 103 cm³/mol. The second kappa shape index (κ2) is 6.90. The van der Waals surface area contributed by atoms with E-state index in [2.05, 4.69) is 5.10 Å². The van der Waals surface area contributed by atoms with E-state index in [1.54, 1.807) is 43.8 Å². The number of benzene rings is 1. The third-order valence-corrected chi connectivity index (χ3v) is 5.87. The van der Waals surface area contributed by atoms with E-state index in [0.717, 1.165) is 12.3 Å². The van der Waals surface area contributed by atoms with Gasteiger partial charge in [-0.05, 0) is 76.3 Å². The van der Waals surface area contributed by atoms with Crippen molar-refractivity contribution in [3.8, 4) is 11.6 Å². The Morgan fingerprint density at radius 3 is 2.68 bits per heavy atom. The molecule has 1 unspecified atom stereocenters. The van der Waals surface area contributed by atoms with Gasteiger partial charge in [0.15, 0.2) is 0 Å². The number of esters is 1. The normalized spacial score (nSPS) is 19.9. The van der Waals surface area contributed by atoms with Crippen molar-refractivity contribution in [1.82, 2.24) is 9.78 Å². The first-order chi connectivity index (χ1) is 13.3. The maximum Gasteiger partial charge on any atom is 0.341 e. The Hall–Kier alpha value is -2.37. The zero-order valence-electron chi connectivity index (χ0n) is 16.7. The van der Waals surface area contributed by atoms with Gasteiger partial charge in [-0.1, -0.05) is 0 Å². The van der Waals surface area contributed by atoms with Crippen LogP contribution in [0, 0.1) is 17.2 Å². The molecular formula is C22H27FN2O3. The van der Waals surface area contributed by atoms with Crippen molar-refractivity contribution >= 4 is 5.97 Å². The number of nitrogens with zero attached hydrogens (tertiary/aromatic N) is 2. The van der Waals surface area contributed by atoms with Crippen molar-refractivity contribution in [2.45, 2.75) is 58.5 Å². The van der Waals surface area contributed by atoms with E-state index in [9.17, 15) is 9.18 Å². The number of hydrogen-bond donors (Lipinski definition) is 0. The molecule has 5 nitrogen and oxygen atoms in total. The van der Waals surface area contributed by atoms with Crippen molar-refractivity contribution in [3.63, 3.8) is 0 Å². The molecule has 1 aromatic carbocycles. The molecule has 0 saturated heterocycles. The summed E-state index contributed by atoms with van der Waals surface area (Å²) in [6.07, 6.45) is 8.28. The number of aromatic nitrogens is 2. The molecule has 150 valence electrons. The molecule has 2 aromatic rings. The van der Waals surface area contributed by atoms with Crippen LogP contribution >= 0.6 is 0 Å². The lowest BCUT2D eigenvalue weighted by Gasteiger charge is -2.37. The van der Waals surface area contributed by atoms with Crippen LogP contribution in [-0.4, -0.2) is 28.0 Å². The van der Waals surface area contributed by atoms with Crippen LogP contribution in [0.15, 0.2) is 30.5 Å². The molecule has 0 bridgehead atoms. The van der Waals surface area contributed by atoms with Gasteiger partial charge in [0.2, 0.25) is 5.88 Å². The van der Waals surface area contributed by atoms with Crippen LogP contribution in [0.2, 0.25) is 0 Å². The van der Waals surface area contributed by atoms with E-state index in [0.29, 0.717) is 23.6 Å². The smallest absolute Gasteiger partial charge is 0.341 e. The summed E-state index contributed by atoms with van der Waals surface area (Å²) in [5, 5.41) is 4.36. The van der Waals surface area contributed by atoms with E-state index in [-0.39, 0.29) is 5.56 Å². The van der Waals surface area contributed by atoms with Gasteiger partial charge in [0.05, 0.1) is 17.9 Å². The summed E-state index contributed by atoms with van der Waals surface area (Å²) in [7, 11) is 0. The standard InChI is InChI=1S/C22H27FN2O3/c1-21(2,3)28-20(26)17-5-4-16(14-18(17)23)25-12-7-19(24-25)27-13-8-15-6-9-22(15)10-11-22/h4-5,7,12,14-15H,6,8-11,13H2,1-3H3. The van der Waals surface area contributed by atoms with Crippen LogP contribution in [0.25, 0.3) is 5.69 Å². The molecule has 0 amide bonds. The zero-order valence-corrected chi connectivity index (χ0v) is 16.7. The summed E-state index contributed by atoms with van der Waals surface area (Å²) in [6, 6.07) is 6.12. The minimum Gasteiger partial charge on any atom is -0.477 e. The van der Waals surface area contributed by atoms with Crippen LogP contribution in [0.5, 0.6) is 5.88 Å². The van der Waals surface area contributed by atoms with E-state index < -0.39 is 17.4 Å². The third kappa shape index (κ3) is 3.91. The Morgan fingerprint density at radius 1 is 1.29 bits per heavy atom. The lowest BCUT2D eigenvalue weighted by molar-refractivity contribution is 0.00647. The number of carbonyl (C=O) groups excluding carboxylic acids is 1. The number of ether oxygens (including phenoxy) is 2. The van der Waals surface area contributed by atoms with Gasteiger partial charge in [-0.3, -0.25) is 0 Å². The fourth-order valence-corrected chi connectivity index (χ4v) is 4.00. The molecule has 0 radical (unpaired) electrons. The summed E-state index contributed by atoms with van der Waals surface area (Å²) in [6.45, 7) is 5.91. The first kappa shape index (κ1) is 19.0. The highest BCUT2D eigenvalue weighted by molar-refractivity contribution is 5.90. The summed E-state index contributed by atoms with van der Waals surface area (Å²) >= 11 is 0. The second-order valence-corrected chi connectivity index (χ2v) is 9.00. The van der Waals surface area contributed by atoms with E-state index in [1.807, 2.05) is 0 Å². The maximum atomic E-state index is 14.4. The number of rotatable bonds is 6. The van der Waals surface area contributed by atoms with E-state index in [4.69, 9.17) is 9.47 Å². The van der Waals surface area contributed by atoms with Crippen LogP contribution in [0.3, 0.4) is 0 Å². The van der Waals surface area contributed by atoms with E-state index in [1.165, 1.54) is 37.8 Å². The first-order valence-electron chi connectivity index (χ1n) is 9.98. The molecule has 1 spiro atoms. The monoisotopic (exact) mass is 386 g/mol. The molecule has 0 aliphatic heterocycles. The Kier molecular flexibility index (Phi) is 4.68. The Balaban J connectivity index is 1.36. The van der Waals surface area contributed by atoms with Gasteiger partial charge in [0.25, 0.3) is 0 Å². The molecule has 1 aromatic heterocycles. The molecule has 4 rings (SSSR count). The van der Waals surface area contributed by atoms with Crippen molar-refractivity contribution in [3.05, 3.63) is 41.8 Å². The number of carbonyl (C=O) groups is 1. The van der Waals surface area contributed by atoms with Crippen LogP contribution in [0.4, 0.5) is 4.39 Å². The van der Waals surface area contributed by atoms with Gasteiger partial charge in [-0.2, -0.15) is 0 Å². The topological polar surface area (TPSA) is 53.4 Å². The molecular weight excluding hydrogens is 359 g/mol. The zero-order chi connectivity index (χ0) is 19.9. The highest BCUT2D eigenvalue weighted by Gasteiger charge is 2.54. The van der Waals surface area contributed by atoms with E-state index >= 15 is 0 Å². The molecule has 28 heavy (non-hydrogen) atoms. The molecule has 2 aliphatic rings. The fraction of sp³-hybridized carbons (Fsp3) is 0.545. The van der Waals surface area contributed by atoms with Gasteiger partial charge in [-0.15, -0.1) is 5.10 Å². The molecule has 6 heteroatoms. The Morgan fingerprint density at radius 2 is 2.07 bits per heavy atom. The number of halogens is 1. The van der Waals surface area contributed by atoms with Crippen molar-refractivity contribution < 1.29 is 18.7 Å². The van der Waals surface area contributed by atoms with Crippen LogP contribution in [0.1, 0.15) is 63.2 Å². The SMILES string of the molecule is CC(C)(C)OC(=O)c1ccc(-n2ccc(OCCC3CCC34CC4)n2)cc1F. The van der Waals surface area contributed by atoms with Crippen LogP contribution < -0.4 is 4.74 Å². The summed E-state index contributed by atoms with van der Waals surface area (Å²) < 4.78 is 27.0. The van der Waals surface area contributed by atoms with Gasteiger partial charge < -0.3 is 9.47 Å². The Bertz CT molecular complexity index is 880. The highest BCUT2D eigenvalue weighted by Crippen LogP contribution is 2.65. The van der Waals surface area contributed by atoms with Crippen molar-refractivity contribution in [1.29, 1.82) is 0 Å². The average Bonchev–Trinajstić information content (AvgIpc) is 3.31. The third-order valence-electron chi connectivity index (χ3n) is 5.87. The number of hydrogen-bond acceptors (Lipinski definition) is 4. The molecule has 2 saturated carbocycles. The van der Waals surface area contributed by atoms with Crippen molar-refractivity contribution in [2.75, 3.05) is 6.61 Å². The summed E-state index contributed by atoms with van der Waals surface area (Å²) in [5.41, 5.74) is 0.429. The summed E-state index contributed by atoms with van der Waals surface area (Å²) in [5.74, 6) is 0.0276. The maximum absolute atomic E-state index is 14.4. The molecule has 2 aliphatic carbocycles. The van der Waals surface area contributed by atoms with Crippen LogP contribution in [-0.2, 0) is 4.74 Å². The lowest BCUT2D eigenvalue weighted by Crippen LogP contribution is -2.28. The molecule has 1 atom stereocenters. The minimum absolute atomic E-state index is 0.0863. The minimum atomic E-state index is -0.675. The van der Waals surface area contributed by atoms with Crippen molar-refractivity contribution in [2.24, 2.45) is 11.3 Å². The average molecular weight is 386 g/mol.